The average Bonchev–Trinajstić information content (AvgIpc) is 3.13. The van der Waals surface area contributed by atoms with Crippen molar-refractivity contribution in [1.82, 2.24) is 10.2 Å². The molecule has 2 fully saturated rings. The summed E-state index contributed by atoms with van der Waals surface area (Å²) in [5, 5.41) is 12.1. The molecule has 0 aromatic carbocycles. The summed E-state index contributed by atoms with van der Waals surface area (Å²) >= 11 is 0. The molecule has 5 nitrogen and oxygen atoms in total. The molecule has 5 heteroatoms. The van der Waals surface area contributed by atoms with Crippen LogP contribution in [0.3, 0.4) is 0 Å². The molecule has 0 aliphatic heterocycles. The van der Waals surface area contributed by atoms with Crippen LogP contribution in [0.5, 0.6) is 0 Å². The molecule has 0 radical (unpaired) electrons. The molecule has 0 bridgehead atoms. The smallest absolute Gasteiger partial charge is 0.329 e. The molecule has 0 saturated heterocycles. The molecule has 0 unspecified atom stereocenters. The molecule has 0 aromatic heterocycles. The van der Waals surface area contributed by atoms with Crippen LogP contribution in [0.15, 0.2) is 0 Å². The molecule has 96 valence electrons. The number of rotatable bonds is 3. The lowest BCUT2D eigenvalue weighted by Crippen LogP contribution is -2.58. The third-order valence-corrected chi connectivity index (χ3v) is 3.88. The van der Waals surface area contributed by atoms with E-state index >= 15 is 0 Å². The standard InChI is InChI=1S/C12H20N2O3/c1-14(9-5-6-9)11(17)13-12(10(15)16)7-3-2-4-8-12/h9H,2-8H2,1H3,(H,13,17)(H,15,16). The van der Waals surface area contributed by atoms with Gasteiger partial charge in [-0.15, -0.1) is 0 Å². The van der Waals surface area contributed by atoms with Gasteiger partial charge in [0.2, 0.25) is 0 Å². The molecule has 17 heavy (non-hydrogen) atoms. The van der Waals surface area contributed by atoms with Gasteiger partial charge in [-0.2, -0.15) is 0 Å². The van der Waals surface area contributed by atoms with Gasteiger partial charge in [0, 0.05) is 13.1 Å². The Hall–Kier alpha value is -1.26. The molecule has 0 atom stereocenters. The molecule has 2 aliphatic rings. The highest BCUT2D eigenvalue weighted by atomic mass is 16.4. The lowest BCUT2D eigenvalue weighted by molar-refractivity contribution is -0.145. The molecule has 0 aromatic rings. The van der Waals surface area contributed by atoms with Gasteiger partial charge >= 0.3 is 12.0 Å². The number of carboxylic acid groups (broad SMARTS) is 1. The van der Waals surface area contributed by atoms with Crippen LogP contribution >= 0.6 is 0 Å². The number of hydrogen-bond acceptors (Lipinski definition) is 2. The van der Waals surface area contributed by atoms with Crippen molar-refractivity contribution in [1.29, 1.82) is 0 Å². The number of aliphatic carboxylic acids is 1. The molecular formula is C12H20N2O3. The van der Waals surface area contributed by atoms with E-state index in [4.69, 9.17) is 0 Å². The van der Waals surface area contributed by atoms with Crippen molar-refractivity contribution in [2.45, 2.75) is 56.5 Å². The Balaban J connectivity index is 2.01. The third-order valence-electron chi connectivity index (χ3n) is 3.88. The molecule has 0 heterocycles. The predicted molar refractivity (Wildman–Crippen MR) is 62.8 cm³/mol. The van der Waals surface area contributed by atoms with Crippen LogP contribution in [-0.2, 0) is 4.79 Å². The van der Waals surface area contributed by atoms with Gasteiger partial charge in [0.1, 0.15) is 5.54 Å². The fourth-order valence-corrected chi connectivity index (χ4v) is 2.47. The summed E-state index contributed by atoms with van der Waals surface area (Å²) in [7, 11) is 1.74. The van der Waals surface area contributed by atoms with Gasteiger partial charge in [-0.3, -0.25) is 0 Å². The van der Waals surface area contributed by atoms with E-state index in [9.17, 15) is 14.7 Å². The van der Waals surface area contributed by atoms with Crippen molar-refractivity contribution in [3.8, 4) is 0 Å². The van der Waals surface area contributed by atoms with Crippen LogP contribution in [0.1, 0.15) is 44.9 Å². The van der Waals surface area contributed by atoms with E-state index in [1.165, 1.54) is 0 Å². The lowest BCUT2D eigenvalue weighted by Gasteiger charge is -2.35. The van der Waals surface area contributed by atoms with Gasteiger partial charge in [0.05, 0.1) is 0 Å². The number of carbonyl (C=O) groups is 2. The van der Waals surface area contributed by atoms with Crippen molar-refractivity contribution in [2.75, 3.05) is 7.05 Å². The van der Waals surface area contributed by atoms with E-state index < -0.39 is 11.5 Å². The van der Waals surface area contributed by atoms with E-state index in [2.05, 4.69) is 5.32 Å². The third kappa shape index (κ3) is 2.53. The highest BCUT2D eigenvalue weighted by Crippen LogP contribution is 2.30. The first-order chi connectivity index (χ1) is 8.05. The highest BCUT2D eigenvalue weighted by Gasteiger charge is 2.42. The summed E-state index contributed by atoms with van der Waals surface area (Å²) in [5.41, 5.74) is -1.03. The first-order valence-electron chi connectivity index (χ1n) is 6.33. The lowest BCUT2D eigenvalue weighted by atomic mass is 9.82. The SMILES string of the molecule is CN(C(=O)NC1(C(=O)O)CCCCC1)C1CC1. The van der Waals surface area contributed by atoms with Gasteiger partial charge < -0.3 is 15.3 Å². The Morgan fingerprint density at radius 1 is 1.24 bits per heavy atom. The largest absolute Gasteiger partial charge is 0.480 e. The summed E-state index contributed by atoms with van der Waals surface area (Å²) in [6.07, 6.45) is 5.97. The first kappa shape index (κ1) is 12.2. The van der Waals surface area contributed by atoms with E-state index in [0.717, 1.165) is 32.1 Å². The van der Waals surface area contributed by atoms with Crippen LogP contribution in [0, 0.1) is 0 Å². The van der Waals surface area contributed by atoms with Gasteiger partial charge in [0.25, 0.3) is 0 Å². The normalized spacial score (nSPS) is 22.9. The van der Waals surface area contributed by atoms with E-state index in [1.54, 1.807) is 11.9 Å². The van der Waals surface area contributed by atoms with Crippen molar-refractivity contribution in [3.63, 3.8) is 0 Å². The number of urea groups is 1. The zero-order valence-corrected chi connectivity index (χ0v) is 10.2. The van der Waals surface area contributed by atoms with Crippen molar-refractivity contribution >= 4 is 12.0 Å². The first-order valence-corrected chi connectivity index (χ1v) is 6.33. The van der Waals surface area contributed by atoms with Crippen molar-refractivity contribution < 1.29 is 14.7 Å². The molecule has 0 spiro atoms. The Morgan fingerprint density at radius 2 is 1.82 bits per heavy atom. The second kappa shape index (κ2) is 4.55. The highest BCUT2D eigenvalue weighted by molar-refractivity contribution is 5.86. The van der Waals surface area contributed by atoms with E-state index in [0.29, 0.717) is 18.9 Å². The van der Waals surface area contributed by atoms with Gasteiger partial charge in [-0.1, -0.05) is 19.3 Å². The molecular weight excluding hydrogens is 220 g/mol. The van der Waals surface area contributed by atoms with Crippen LogP contribution in [0.25, 0.3) is 0 Å². The quantitative estimate of drug-likeness (QED) is 0.786. The summed E-state index contributed by atoms with van der Waals surface area (Å²) in [6.45, 7) is 0. The molecule has 2 N–H and O–H groups in total. The predicted octanol–water partition coefficient (Wildman–Crippen LogP) is 1.58. The minimum absolute atomic E-state index is 0.239. The summed E-state index contributed by atoms with van der Waals surface area (Å²) in [6, 6.07) is 0.0706. The minimum atomic E-state index is -1.03. The number of nitrogens with one attached hydrogen (secondary N) is 1. The van der Waals surface area contributed by atoms with E-state index in [-0.39, 0.29) is 6.03 Å². The Morgan fingerprint density at radius 3 is 2.29 bits per heavy atom. The summed E-state index contributed by atoms with van der Waals surface area (Å²) < 4.78 is 0. The maximum absolute atomic E-state index is 12.0. The number of nitrogens with zero attached hydrogens (tertiary/aromatic N) is 1. The fraction of sp³-hybridized carbons (Fsp3) is 0.833. The second-order valence-corrected chi connectivity index (χ2v) is 5.22. The van der Waals surface area contributed by atoms with Gasteiger partial charge in [-0.05, 0) is 25.7 Å². The Labute approximate surface area is 101 Å². The number of carbonyl (C=O) groups excluding carboxylic acids is 1. The maximum atomic E-state index is 12.0. The van der Waals surface area contributed by atoms with Crippen LogP contribution in [0.4, 0.5) is 4.79 Å². The van der Waals surface area contributed by atoms with Gasteiger partial charge in [-0.25, -0.2) is 9.59 Å². The Kier molecular flexibility index (Phi) is 3.26. The van der Waals surface area contributed by atoms with Gasteiger partial charge in [0.15, 0.2) is 0 Å². The number of hydrogen-bond donors (Lipinski definition) is 2. The average molecular weight is 240 g/mol. The summed E-state index contributed by atoms with van der Waals surface area (Å²) in [4.78, 5) is 25.0. The molecule has 2 aliphatic carbocycles. The zero-order chi connectivity index (χ0) is 12.5. The Bertz CT molecular complexity index is 320. The number of amides is 2. The maximum Gasteiger partial charge on any atom is 0.329 e. The summed E-state index contributed by atoms with van der Waals surface area (Å²) in [5.74, 6) is -0.894. The second-order valence-electron chi connectivity index (χ2n) is 5.22. The number of carboxylic acids is 1. The van der Waals surface area contributed by atoms with Crippen molar-refractivity contribution in [2.24, 2.45) is 0 Å². The monoisotopic (exact) mass is 240 g/mol. The van der Waals surface area contributed by atoms with Crippen LogP contribution in [-0.4, -0.2) is 40.6 Å². The van der Waals surface area contributed by atoms with Crippen molar-refractivity contribution in [3.05, 3.63) is 0 Å². The molecule has 2 rings (SSSR count). The topological polar surface area (TPSA) is 69.6 Å². The molecule has 2 amide bonds. The minimum Gasteiger partial charge on any atom is -0.480 e. The fourth-order valence-electron chi connectivity index (χ4n) is 2.47. The molecule has 2 saturated carbocycles. The van der Waals surface area contributed by atoms with Crippen LogP contribution < -0.4 is 5.32 Å². The van der Waals surface area contributed by atoms with Crippen LogP contribution in [0.2, 0.25) is 0 Å². The van der Waals surface area contributed by atoms with E-state index in [1.807, 2.05) is 0 Å². The zero-order valence-electron chi connectivity index (χ0n) is 10.2.